The van der Waals surface area contributed by atoms with E-state index in [1.165, 1.54) is 24.4 Å². The van der Waals surface area contributed by atoms with Crippen molar-refractivity contribution in [3.8, 4) is 5.75 Å². The second-order valence-electron chi connectivity index (χ2n) is 4.11. The lowest BCUT2D eigenvalue weighted by Crippen LogP contribution is -2.16. The number of amides is 1. The van der Waals surface area contributed by atoms with E-state index in [0.717, 1.165) is 6.07 Å². The van der Waals surface area contributed by atoms with Crippen LogP contribution in [0.25, 0.3) is 0 Å². The molecule has 0 atom stereocenters. The van der Waals surface area contributed by atoms with Gasteiger partial charge in [0.1, 0.15) is 5.76 Å². The van der Waals surface area contributed by atoms with Crippen molar-refractivity contribution in [2.24, 2.45) is 5.10 Å². The Kier molecular flexibility index (Phi) is 3.98. The highest BCUT2D eigenvalue weighted by atomic mass is 16.6. The van der Waals surface area contributed by atoms with E-state index in [9.17, 15) is 20.0 Å². The summed E-state index contributed by atoms with van der Waals surface area (Å²) in [6.45, 7) is 1.70. The van der Waals surface area contributed by atoms with Crippen molar-refractivity contribution in [1.29, 1.82) is 0 Å². The third-order valence-corrected chi connectivity index (χ3v) is 2.54. The minimum Gasteiger partial charge on any atom is -0.502 e. The Hall–Kier alpha value is -3.16. The average molecular weight is 289 g/mol. The molecule has 0 saturated carbocycles. The predicted octanol–water partition coefficient (Wildman–Crippen LogP) is 1.97. The molecule has 108 valence electrons. The van der Waals surface area contributed by atoms with Crippen LogP contribution in [-0.4, -0.2) is 22.2 Å². The van der Waals surface area contributed by atoms with Crippen LogP contribution < -0.4 is 5.43 Å². The van der Waals surface area contributed by atoms with Gasteiger partial charge < -0.3 is 9.52 Å². The normalized spacial score (nSPS) is 10.7. The van der Waals surface area contributed by atoms with E-state index in [1.807, 2.05) is 0 Å². The lowest BCUT2D eigenvalue weighted by molar-refractivity contribution is -0.385. The number of nitro groups is 1. The number of nitro benzene ring substituents is 1. The van der Waals surface area contributed by atoms with E-state index in [1.54, 1.807) is 13.0 Å². The van der Waals surface area contributed by atoms with Gasteiger partial charge in [0, 0.05) is 11.6 Å². The predicted molar refractivity (Wildman–Crippen MR) is 73.3 cm³/mol. The van der Waals surface area contributed by atoms with Crippen molar-refractivity contribution in [3.05, 3.63) is 57.5 Å². The van der Waals surface area contributed by atoms with Gasteiger partial charge in [-0.1, -0.05) is 0 Å². The SMILES string of the molecule is Cc1ccc(C(=O)N/N=C\c2ccc(O)c([N+](=O)[O-])c2)o1. The van der Waals surface area contributed by atoms with Crippen LogP contribution in [0.4, 0.5) is 5.69 Å². The number of phenols is 1. The van der Waals surface area contributed by atoms with E-state index in [-0.39, 0.29) is 5.76 Å². The zero-order valence-electron chi connectivity index (χ0n) is 10.9. The number of carbonyl (C=O) groups is 1. The highest BCUT2D eigenvalue weighted by Crippen LogP contribution is 2.25. The monoisotopic (exact) mass is 289 g/mol. The number of hydrogen-bond donors (Lipinski definition) is 2. The van der Waals surface area contributed by atoms with Gasteiger partial charge in [-0.3, -0.25) is 14.9 Å². The Morgan fingerprint density at radius 2 is 2.19 bits per heavy atom. The molecule has 21 heavy (non-hydrogen) atoms. The van der Waals surface area contributed by atoms with Crippen LogP contribution in [0.1, 0.15) is 21.9 Å². The second-order valence-corrected chi connectivity index (χ2v) is 4.11. The molecule has 2 N–H and O–H groups in total. The van der Waals surface area contributed by atoms with Gasteiger partial charge in [-0.25, -0.2) is 5.43 Å². The number of nitrogens with zero attached hydrogens (tertiary/aromatic N) is 2. The number of hydrazone groups is 1. The van der Waals surface area contributed by atoms with Gasteiger partial charge in [0.15, 0.2) is 11.5 Å². The summed E-state index contributed by atoms with van der Waals surface area (Å²) in [6.07, 6.45) is 1.22. The Morgan fingerprint density at radius 1 is 1.43 bits per heavy atom. The maximum atomic E-state index is 11.6. The fraction of sp³-hybridized carbons (Fsp3) is 0.0769. The Labute approximate surface area is 118 Å². The first-order valence-corrected chi connectivity index (χ1v) is 5.84. The molecule has 1 heterocycles. The Bertz CT molecular complexity index is 720. The van der Waals surface area contributed by atoms with Crippen LogP contribution in [0.5, 0.6) is 5.75 Å². The number of aromatic hydroxyl groups is 1. The van der Waals surface area contributed by atoms with Gasteiger partial charge in [-0.15, -0.1) is 0 Å². The number of nitrogens with one attached hydrogen (secondary N) is 1. The van der Waals surface area contributed by atoms with E-state index < -0.39 is 22.3 Å². The molecule has 0 bridgehead atoms. The topological polar surface area (TPSA) is 118 Å². The smallest absolute Gasteiger partial charge is 0.311 e. The van der Waals surface area contributed by atoms with Crippen LogP contribution in [0, 0.1) is 17.0 Å². The molecule has 0 aliphatic rings. The fourth-order valence-electron chi connectivity index (χ4n) is 1.54. The first kappa shape index (κ1) is 14.3. The zero-order valence-corrected chi connectivity index (χ0v) is 10.9. The third-order valence-electron chi connectivity index (χ3n) is 2.54. The van der Waals surface area contributed by atoms with E-state index in [2.05, 4.69) is 10.5 Å². The van der Waals surface area contributed by atoms with Crippen molar-refractivity contribution in [2.45, 2.75) is 6.92 Å². The van der Waals surface area contributed by atoms with E-state index in [0.29, 0.717) is 11.3 Å². The first-order valence-electron chi connectivity index (χ1n) is 5.84. The zero-order chi connectivity index (χ0) is 15.4. The molecule has 0 aliphatic carbocycles. The molecule has 2 rings (SSSR count). The maximum absolute atomic E-state index is 11.6. The summed E-state index contributed by atoms with van der Waals surface area (Å²) >= 11 is 0. The van der Waals surface area contributed by atoms with Gasteiger partial charge in [-0.05, 0) is 31.2 Å². The van der Waals surface area contributed by atoms with Gasteiger partial charge >= 0.3 is 11.6 Å². The Morgan fingerprint density at radius 3 is 2.81 bits per heavy atom. The van der Waals surface area contributed by atoms with Crippen molar-refractivity contribution in [3.63, 3.8) is 0 Å². The molecule has 2 aromatic rings. The standard InChI is InChI=1S/C13H11N3O5/c1-8-2-5-12(21-8)13(18)15-14-7-9-3-4-11(17)10(6-9)16(19)20/h2-7,17H,1H3,(H,15,18)/b14-7-. The number of benzene rings is 1. The summed E-state index contributed by atoms with van der Waals surface area (Å²) in [5.74, 6) is -0.264. The molecule has 0 aliphatic heterocycles. The molecular weight excluding hydrogens is 278 g/mol. The van der Waals surface area contributed by atoms with E-state index in [4.69, 9.17) is 4.42 Å². The Balaban J connectivity index is 2.06. The summed E-state index contributed by atoms with van der Waals surface area (Å²) in [5.41, 5.74) is 2.15. The fourth-order valence-corrected chi connectivity index (χ4v) is 1.54. The van der Waals surface area contributed by atoms with Gasteiger partial charge in [0.25, 0.3) is 0 Å². The third kappa shape index (κ3) is 3.44. The first-order chi connectivity index (χ1) is 9.97. The van der Waals surface area contributed by atoms with Crippen molar-refractivity contribution in [1.82, 2.24) is 5.43 Å². The van der Waals surface area contributed by atoms with Gasteiger partial charge in [-0.2, -0.15) is 5.10 Å². The molecule has 0 radical (unpaired) electrons. The quantitative estimate of drug-likeness (QED) is 0.506. The molecule has 0 spiro atoms. The number of carbonyl (C=O) groups excluding carboxylic acids is 1. The molecule has 0 fully saturated rings. The van der Waals surface area contributed by atoms with Crippen molar-refractivity contribution in [2.75, 3.05) is 0 Å². The lowest BCUT2D eigenvalue weighted by Gasteiger charge is -1.98. The minimum atomic E-state index is -0.711. The van der Waals surface area contributed by atoms with Crippen LogP contribution in [0.15, 0.2) is 39.9 Å². The lowest BCUT2D eigenvalue weighted by atomic mass is 10.2. The van der Waals surface area contributed by atoms with Crippen LogP contribution in [0.2, 0.25) is 0 Å². The summed E-state index contributed by atoms with van der Waals surface area (Å²) < 4.78 is 5.11. The molecule has 1 aromatic heterocycles. The molecule has 1 aromatic carbocycles. The molecule has 0 unspecified atom stereocenters. The van der Waals surface area contributed by atoms with Gasteiger partial charge in [0.2, 0.25) is 0 Å². The van der Waals surface area contributed by atoms with Crippen molar-refractivity contribution >= 4 is 17.8 Å². The van der Waals surface area contributed by atoms with E-state index >= 15 is 0 Å². The number of furan rings is 1. The minimum absolute atomic E-state index is 0.112. The maximum Gasteiger partial charge on any atom is 0.311 e. The molecule has 1 amide bonds. The second kappa shape index (κ2) is 5.87. The van der Waals surface area contributed by atoms with Crippen LogP contribution >= 0.6 is 0 Å². The number of rotatable bonds is 4. The average Bonchev–Trinajstić information content (AvgIpc) is 2.87. The largest absolute Gasteiger partial charge is 0.502 e. The molecule has 8 heteroatoms. The van der Waals surface area contributed by atoms with Crippen molar-refractivity contribution < 1.29 is 19.2 Å². The summed E-state index contributed by atoms with van der Waals surface area (Å²) in [6, 6.07) is 6.89. The number of phenolic OH excluding ortho intramolecular Hbond substituents is 1. The van der Waals surface area contributed by atoms with Crippen LogP contribution in [0.3, 0.4) is 0 Å². The molecule has 8 nitrogen and oxygen atoms in total. The summed E-state index contributed by atoms with van der Waals surface area (Å²) in [7, 11) is 0. The molecular formula is C13H11N3O5. The van der Waals surface area contributed by atoms with Crippen LogP contribution in [-0.2, 0) is 0 Å². The van der Waals surface area contributed by atoms with Gasteiger partial charge in [0.05, 0.1) is 11.1 Å². The highest BCUT2D eigenvalue weighted by molar-refractivity contribution is 5.92. The highest BCUT2D eigenvalue weighted by Gasteiger charge is 2.13. The molecule has 0 saturated heterocycles. The number of hydrogen-bond acceptors (Lipinski definition) is 6. The number of aryl methyl sites for hydroxylation is 1. The summed E-state index contributed by atoms with van der Waals surface area (Å²) in [4.78, 5) is 21.6. The summed E-state index contributed by atoms with van der Waals surface area (Å²) in [5, 5.41) is 23.6.